The average molecular weight is 465 g/mol. The molecule has 0 aliphatic heterocycles. The Balaban J connectivity index is 1.80. The van der Waals surface area contributed by atoms with E-state index < -0.39 is 17.7 Å². The number of hydrazine groups is 1. The van der Waals surface area contributed by atoms with Gasteiger partial charge in [0.1, 0.15) is 11.6 Å². The first-order valence-electron chi connectivity index (χ1n) is 9.44. The summed E-state index contributed by atoms with van der Waals surface area (Å²) in [6, 6.07) is 2.91. The summed E-state index contributed by atoms with van der Waals surface area (Å²) in [6.45, 7) is 4.62. The number of aromatic nitrogens is 3. The van der Waals surface area contributed by atoms with Crippen molar-refractivity contribution in [1.29, 1.82) is 0 Å². The Bertz CT molecular complexity index is 1170. The number of benzene rings is 1. The van der Waals surface area contributed by atoms with Crippen LogP contribution in [0.1, 0.15) is 25.4 Å². The number of rotatable bonds is 5. The predicted molar refractivity (Wildman–Crippen MR) is 111 cm³/mol. The molecule has 0 fully saturated rings. The maximum absolute atomic E-state index is 14.7. The highest BCUT2D eigenvalue weighted by Crippen LogP contribution is 2.35. The number of hydrogen-bond donors (Lipinski definition) is 3. The van der Waals surface area contributed by atoms with Crippen LogP contribution >= 0.6 is 11.6 Å². The Morgan fingerprint density at radius 1 is 1.16 bits per heavy atom. The predicted octanol–water partition coefficient (Wildman–Crippen LogP) is 3.53. The van der Waals surface area contributed by atoms with Crippen molar-refractivity contribution in [1.82, 2.24) is 31.3 Å². The standard InChI is InChI=1S/C20H19ClF2N6O3/c1-9(2)19(30)27-28-20(31)25-8-16-14(22)4-11(7-24-16)13-5-12(21)6-15(23)17(13)18-26-10(3)32-29-18/h4-7,9H,8H2,1-3H3,(H,27,30)(H2,25,28,31). The number of pyridine rings is 1. The van der Waals surface area contributed by atoms with Crippen molar-refractivity contribution in [3.05, 3.63) is 52.6 Å². The van der Waals surface area contributed by atoms with E-state index in [-0.39, 0.29) is 57.5 Å². The summed E-state index contributed by atoms with van der Waals surface area (Å²) in [7, 11) is 0. The second kappa shape index (κ2) is 9.69. The highest BCUT2D eigenvalue weighted by atomic mass is 35.5. The van der Waals surface area contributed by atoms with Crippen molar-refractivity contribution < 1.29 is 22.9 Å². The van der Waals surface area contributed by atoms with Crippen LogP contribution in [0.25, 0.3) is 22.5 Å². The third kappa shape index (κ3) is 5.35. The fraction of sp³-hybridized carbons (Fsp3) is 0.250. The van der Waals surface area contributed by atoms with Gasteiger partial charge in [-0.2, -0.15) is 4.98 Å². The molecule has 168 valence electrons. The zero-order valence-electron chi connectivity index (χ0n) is 17.3. The van der Waals surface area contributed by atoms with Gasteiger partial charge in [0.25, 0.3) is 0 Å². The van der Waals surface area contributed by atoms with Gasteiger partial charge in [0.05, 0.1) is 17.8 Å². The minimum Gasteiger partial charge on any atom is -0.339 e. The molecular weight excluding hydrogens is 446 g/mol. The summed E-state index contributed by atoms with van der Waals surface area (Å²) in [6.07, 6.45) is 1.31. The molecule has 0 saturated carbocycles. The molecule has 32 heavy (non-hydrogen) atoms. The fourth-order valence-corrected chi connectivity index (χ4v) is 2.85. The molecule has 0 aliphatic carbocycles. The number of urea groups is 1. The first-order valence-corrected chi connectivity index (χ1v) is 9.81. The lowest BCUT2D eigenvalue weighted by atomic mass is 9.99. The minimum atomic E-state index is -0.746. The highest BCUT2D eigenvalue weighted by Gasteiger charge is 2.20. The van der Waals surface area contributed by atoms with Gasteiger partial charge in [-0.25, -0.2) is 19.0 Å². The normalized spacial score (nSPS) is 10.8. The molecule has 0 spiro atoms. The summed E-state index contributed by atoms with van der Waals surface area (Å²) in [4.78, 5) is 31.2. The van der Waals surface area contributed by atoms with E-state index in [2.05, 4.69) is 31.3 Å². The molecule has 0 saturated heterocycles. The van der Waals surface area contributed by atoms with E-state index >= 15 is 0 Å². The largest absolute Gasteiger partial charge is 0.339 e. The van der Waals surface area contributed by atoms with Gasteiger partial charge in [0.15, 0.2) is 0 Å². The summed E-state index contributed by atoms with van der Waals surface area (Å²) in [5.74, 6) is -1.94. The Kier molecular flexibility index (Phi) is 6.98. The van der Waals surface area contributed by atoms with Crippen LogP contribution < -0.4 is 16.2 Å². The molecule has 2 aromatic heterocycles. The van der Waals surface area contributed by atoms with Crippen LogP contribution in [0.5, 0.6) is 0 Å². The van der Waals surface area contributed by atoms with Crippen molar-refractivity contribution in [3.8, 4) is 22.5 Å². The van der Waals surface area contributed by atoms with E-state index in [9.17, 15) is 18.4 Å². The molecule has 0 unspecified atom stereocenters. The molecule has 0 bridgehead atoms. The van der Waals surface area contributed by atoms with Crippen molar-refractivity contribution in [2.75, 3.05) is 0 Å². The third-order valence-corrected chi connectivity index (χ3v) is 4.49. The fourth-order valence-electron chi connectivity index (χ4n) is 2.64. The van der Waals surface area contributed by atoms with Crippen LogP contribution in [-0.4, -0.2) is 27.1 Å². The number of amides is 3. The van der Waals surface area contributed by atoms with Gasteiger partial charge in [-0.3, -0.25) is 15.2 Å². The van der Waals surface area contributed by atoms with Gasteiger partial charge in [-0.1, -0.05) is 30.6 Å². The van der Waals surface area contributed by atoms with Crippen LogP contribution in [0.2, 0.25) is 5.02 Å². The Labute approximate surface area is 186 Å². The monoisotopic (exact) mass is 464 g/mol. The van der Waals surface area contributed by atoms with E-state index in [4.69, 9.17) is 16.1 Å². The molecule has 1 aromatic carbocycles. The van der Waals surface area contributed by atoms with Crippen molar-refractivity contribution in [3.63, 3.8) is 0 Å². The molecule has 0 radical (unpaired) electrons. The first-order chi connectivity index (χ1) is 15.2. The van der Waals surface area contributed by atoms with Gasteiger partial charge in [-0.15, -0.1) is 0 Å². The van der Waals surface area contributed by atoms with E-state index in [0.717, 1.165) is 12.1 Å². The second-order valence-corrected chi connectivity index (χ2v) is 7.49. The zero-order chi connectivity index (χ0) is 23.4. The Morgan fingerprint density at radius 3 is 2.53 bits per heavy atom. The van der Waals surface area contributed by atoms with Crippen LogP contribution in [-0.2, 0) is 11.3 Å². The number of hydrogen-bond acceptors (Lipinski definition) is 6. The Morgan fingerprint density at radius 2 is 1.91 bits per heavy atom. The molecule has 2 heterocycles. The quantitative estimate of drug-likeness (QED) is 0.496. The van der Waals surface area contributed by atoms with Crippen molar-refractivity contribution >= 4 is 23.5 Å². The number of aryl methyl sites for hydroxylation is 1. The molecule has 3 amide bonds. The molecule has 3 N–H and O–H groups in total. The smallest absolute Gasteiger partial charge is 0.333 e. The second-order valence-electron chi connectivity index (χ2n) is 7.05. The first kappa shape index (κ1) is 23.1. The van der Waals surface area contributed by atoms with Crippen molar-refractivity contribution in [2.24, 2.45) is 5.92 Å². The molecule has 0 atom stereocenters. The third-order valence-electron chi connectivity index (χ3n) is 4.27. The number of carbonyl (C=O) groups excluding carboxylic acids is 2. The molecule has 9 nitrogen and oxygen atoms in total. The number of nitrogens with one attached hydrogen (secondary N) is 3. The maximum Gasteiger partial charge on any atom is 0.333 e. The average Bonchev–Trinajstić information content (AvgIpc) is 3.15. The lowest BCUT2D eigenvalue weighted by Gasteiger charge is -2.12. The summed E-state index contributed by atoms with van der Waals surface area (Å²) < 4.78 is 34.2. The molecule has 12 heteroatoms. The van der Waals surface area contributed by atoms with Crippen molar-refractivity contribution in [2.45, 2.75) is 27.3 Å². The molecule has 3 rings (SSSR count). The summed E-state index contributed by atoms with van der Waals surface area (Å²) in [5.41, 5.74) is 4.72. The van der Waals surface area contributed by atoms with Gasteiger partial charge in [0.2, 0.25) is 17.6 Å². The number of nitrogens with zero attached hydrogens (tertiary/aromatic N) is 3. The van der Waals surface area contributed by atoms with Crippen LogP contribution in [0.15, 0.2) is 28.9 Å². The minimum absolute atomic E-state index is 0.0152. The highest BCUT2D eigenvalue weighted by molar-refractivity contribution is 6.31. The van der Waals surface area contributed by atoms with Crippen LogP contribution in [0.3, 0.4) is 0 Å². The van der Waals surface area contributed by atoms with Crippen LogP contribution in [0, 0.1) is 24.5 Å². The van der Waals surface area contributed by atoms with Gasteiger partial charge >= 0.3 is 6.03 Å². The number of carbonyl (C=O) groups is 2. The van der Waals surface area contributed by atoms with E-state index in [1.807, 2.05) is 0 Å². The van der Waals surface area contributed by atoms with Gasteiger partial charge < -0.3 is 9.84 Å². The van der Waals surface area contributed by atoms with E-state index in [1.54, 1.807) is 20.8 Å². The molecule has 0 aliphatic rings. The maximum atomic E-state index is 14.7. The summed E-state index contributed by atoms with van der Waals surface area (Å²) in [5, 5.41) is 6.19. The Hall–Kier alpha value is -3.60. The zero-order valence-corrected chi connectivity index (χ0v) is 18.1. The molecule has 3 aromatic rings. The van der Waals surface area contributed by atoms with Crippen LogP contribution in [0.4, 0.5) is 13.6 Å². The summed E-state index contributed by atoms with van der Waals surface area (Å²) >= 11 is 5.99. The van der Waals surface area contributed by atoms with E-state index in [1.165, 1.54) is 12.3 Å². The lowest BCUT2D eigenvalue weighted by Crippen LogP contribution is -2.48. The topological polar surface area (TPSA) is 122 Å². The van der Waals surface area contributed by atoms with Gasteiger partial charge in [-0.05, 0) is 23.8 Å². The number of halogens is 3. The van der Waals surface area contributed by atoms with E-state index in [0.29, 0.717) is 0 Å². The SMILES string of the molecule is Cc1nc(-c2c(F)cc(Cl)cc2-c2cnc(CNC(=O)NNC(=O)C(C)C)c(F)c2)no1. The lowest BCUT2D eigenvalue weighted by molar-refractivity contribution is -0.124. The molecular formula is C20H19ClF2N6O3. The van der Waals surface area contributed by atoms with Gasteiger partial charge in [0, 0.05) is 29.6 Å².